The van der Waals surface area contributed by atoms with Crippen LogP contribution in [0.4, 0.5) is 17.1 Å². The Bertz CT molecular complexity index is 1900. The summed E-state index contributed by atoms with van der Waals surface area (Å²) in [6.45, 7) is 4.80. The maximum Gasteiger partial charge on any atom is 0.0465 e. The number of rotatable bonds is 6. The van der Waals surface area contributed by atoms with Crippen molar-refractivity contribution >= 4 is 17.1 Å². The van der Waals surface area contributed by atoms with E-state index in [0.717, 1.165) is 5.92 Å². The zero-order valence-corrected chi connectivity index (χ0v) is 28.1. The molecule has 0 aromatic heterocycles. The normalized spacial score (nSPS) is 22.6. The second-order valence-corrected chi connectivity index (χ2v) is 15.7. The molecule has 1 heteroatoms. The average molecular weight is 614 g/mol. The molecule has 1 nitrogen and oxygen atoms in total. The summed E-state index contributed by atoms with van der Waals surface area (Å²) in [6, 6.07) is 44.5. The highest BCUT2D eigenvalue weighted by atomic mass is 15.1. The van der Waals surface area contributed by atoms with Crippen LogP contribution in [0.2, 0.25) is 0 Å². The van der Waals surface area contributed by atoms with E-state index in [2.05, 4.69) is 134 Å². The molecule has 0 saturated heterocycles. The number of nitrogens with zero attached hydrogens (tertiary/aromatic N) is 1. The van der Waals surface area contributed by atoms with Crippen LogP contribution in [0.15, 0.2) is 115 Å². The van der Waals surface area contributed by atoms with Crippen molar-refractivity contribution in [2.45, 2.75) is 94.8 Å². The van der Waals surface area contributed by atoms with Crippen molar-refractivity contribution < 1.29 is 0 Å². The third-order valence-electron chi connectivity index (χ3n) is 12.7. The highest BCUT2D eigenvalue weighted by Crippen LogP contribution is 2.56. The molecular weight excluding hydrogens is 567 g/mol. The predicted octanol–water partition coefficient (Wildman–Crippen LogP) is 13.0. The minimum absolute atomic E-state index is 0.0725. The van der Waals surface area contributed by atoms with Crippen LogP contribution in [0.5, 0.6) is 0 Å². The second kappa shape index (κ2) is 11.3. The maximum absolute atomic E-state index is 2.51. The van der Waals surface area contributed by atoms with Gasteiger partial charge in [-0.15, -0.1) is 0 Å². The SMILES string of the molecule is CC1(C)c2ccc(-c3ccccc3)cc2-c2ccc(N(c3ccc(C4CCCCC4)cc3)c3ccc(C45CCC(CC4)C5)cc3)cc21. The number of benzene rings is 5. The Labute approximate surface area is 281 Å². The zero-order chi connectivity index (χ0) is 31.6. The van der Waals surface area contributed by atoms with Gasteiger partial charge in [-0.05, 0) is 149 Å². The van der Waals surface area contributed by atoms with Crippen LogP contribution in [0, 0.1) is 5.92 Å². The molecule has 47 heavy (non-hydrogen) atoms. The highest BCUT2D eigenvalue weighted by molar-refractivity contribution is 5.87. The highest BCUT2D eigenvalue weighted by Gasteiger charge is 2.45. The van der Waals surface area contributed by atoms with Gasteiger partial charge in [0.15, 0.2) is 0 Å². The maximum atomic E-state index is 2.51. The van der Waals surface area contributed by atoms with E-state index in [4.69, 9.17) is 0 Å². The molecule has 0 heterocycles. The van der Waals surface area contributed by atoms with Gasteiger partial charge in [-0.1, -0.05) is 106 Å². The number of hydrogen-bond donors (Lipinski definition) is 0. The molecular formula is C46H47N. The lowest BCUT2D eigenvalue weighted by Gasteiger charge is -2.30. The first-order chi connectivity index (χ1) is 23.0. The smallest absolute Gasteiger partial charge is 0.0465 e. The van der Waals surface area contributed by atoms with E-state index in [1.807, 2.05) is 0 Å². The fraction of sp³-hybridized carbons (Fsp3) is 0.348. The molecule has 4 aliphatic rings. The summed E-state index contributed by atoms with van der Waals surface area (Å²) < 4.78 is 0. The fourth-order valence-electron chi connectivity index (χ4n) is 10.0. The minimum Gasteiger partial charge on any atom is -0.310 e. The Morgan fingerprint density at radius 2 is 1.23 bits per heavy atom. The standard InChI is InChI=1S/C46H47N/c1-45(2)43-24-15-36(34-11-7-4-8-12-34)29-42(43)41-23-22-40(30-44(41)45)47(38-18-13-35(14-19-38)33-9-5-3-6-10-33)39-20-16-37(17-21-39)46-27-25-32(31-46)26-28-46/h4,7-8,11-24,29-30,32-33H,3,5-6,9-10,25-28,31H2,1-2H3. The molecule has 0 radical (unpaired) electrons. The molecule has 0 unspecified atom stereocenters. The summed E-state index contributed by atoms with van der Waals surface area (Å²) in [7, 11) is 0. The second-order valence-electron chi connectivity index (χ2n) is 15.7. The van der Waals surface area contributed by atoms with Crippen molar-refractivity contribution in [1.82, 2.24) is 0 Å². The summed E-state index contributed by atoms with van der Waals surface area (Å²) in [4.78, 5) is 2.51. The monoisotopic (exact) mass is 613 g/mol. The van der Waals surface area contributed by atoms with Gasteiger partial charge in [0, 0.05) is 22.5 Å². The molecule has 3 saturated carbocycles. The molecule has 236 valence electrons. The fourth-order valence-corrected chi connectivity index (χ4v) is 10.0. The topological polar surface area (TPSA) is 3.24 Å². The van der Waals surface area contributed by atoms with E-state index >= 15 is 0 Å². The first-order valence-electron chi connectivity index (χ1n) is 18.3. The molecule has 0 aliphatic heterocycles. The Morgan fingerprint density at radius 3 is 1.91 bits per heavy atom. The molecule has 5 aromatic carbocycles. The van der Waals surface area contributed by atoms with E-state index < -0.39 is 0 Å². The van der Waals surface area contributed by atoms with Gasteiger partial charge in [-0.2, -0.15) is 0 Å². The van der Waals surface area contributed by atoms with Crippen LogP contribution >= 0.6 is 0 Å². The third kappa shape index (κ3) is 4.88. The van der Waals surface area contributed by atoms with Gasteiger partial charge in [0.1, 0.15) is 0 Å². The van der Waals surface area contributed by atoms with Crippen LogP contribution in [0.25, 0.3) is 22.3 Å². The summed E-state index contributed by atoms with van der Waals surface area (Å²) in [5, 5.41) is 0. The van der Waals surface area contributed by atoms with Crippen LogP contribution in [-0.4, -0.2) is 0 Å². The van der Waals surface area contributed by atoms with Crippen molar-refractivity contribution in [3.63, 3.8) is 0 Å². The summed E-state index contributed by atoms with van der Waals surface area (Å²) in [6.07, 6.45) is 13.8. The summed E-state index contributed by atoms with van der Waals surface area (Å²) in [5.74, 6) is 1.67. The molecule has 2 bridgehead atoms. The van der Waals surface area contributed by atoms with Crippen LogP contribution < -0.4 is 4.90 Å². The molecule has 0 spiro atoms. The van der Waals surface area contributed by atoms with E-state index in [-0.39, 0.29) is 5.41 Å². The van der Waals surface area contributed by atoms with Gasteiger partial charge in [-0.25, -0.2) is 0 Å². The molecule has 3 fully saturated rings. The Balaban J connectivity index is 1.12. The van der Waals surface area contributed by atoms with Crippen molar-refractivity contribution in [3.05, 3.63) is 138 Å². The lowest BCUT2D eigenvalue weighted by molar-refractivity contribution is 0.419. The van der Waals surface area contributed by atoms with Gasteiger partial charge in [0.2, 0.25) is 0 Å². The van der Waals surface area contributed by atoms with Crippen LogP contribution in [0.3, 0.4) is 0 Å². The predicted molar refractivity (Wildman–Crippen MR) is 198 cm³/mol. The Kier molecular flexibility index (Phi) is 6.96. The van der Waals surface area contributed by atoms with Crippen molar-refractivity contribution in [2.75, 3.05) is 4.90 Å². The minimum atomic E-state index is -0.0725. The average Bonchev–Trinajstić information content (AvgIpc) is 3.81. The first kappa shape index (κ1) is 29.1. The van der Waals surface area contributed by atoms with Crippen molar-refractivity contribution in [2.24, 2.45) is 5.92 Å². The molecule has 0 N–H and O–H groups in total. The van der Waals surface area contributed by atoms with Gasteiger partial charge in [-0.3, -0.25) is 0 Å². The molecule has 0 amide bonds. The Morgan fingerprint density at radius 1 is 0.553 bits per heavy atom. The number of anilines is 3. The largest absolute Gasteiger partial charge is 0.310 e. The number of hydrogen-bond acceptors (Lipinski definition) is 1. The van der Waals surface area contributed by atoms with Crippen LogP contribution in [0.1, 0.15) is 106 Å². The lowest BCUT2D eigenvalue weighted by atomic mass is 9.78. The van der Waals surface area contributed by atoms with Crippen LogP contribution in [-0.2, 0) is 10.8 Å². The van der Waals surface area contributed by atoms with Crippen molar-refractivity contribution in [3.8, 4) is 22.3 Å². The van der Waals surface area contributed by atoms with Gasteiger partial charge in [0.25, 0.3) is 0 Å². The lowest BCUT2D eigenvalue weighted by Crippen LogP contribution is -2.20. The quantitative estimate of drug-likeness (QED) is 0.184. The number of fused-ring (bicyclic) bond motifs is 5. The zero-order valence-electron chi connectivity index (χ0n) is 28.1. The van der Waals surface area contributed by atoms with Gasteiger partial charge in [0.05, 0.1) is 0 Å². The molecule has 0 atom stereocenters. The van der Waals surface area contributed by atoms with E-state index in [1.165, 1.54) is 120 Å². The van der Waals surface area contributed by atoms with E-state index in [0.29, 0.717) is 11.3 Å². The summed E-state index contributed by atoms with van der Waals surface area (Å²) >= 11 is 0. The summed E-state index contributed by atoms with van der Waals surface area (Å²) in [5.41, 5.74) is 15.3. The van der Waals surface area contributed by atoms with E-state index in [9.17, 15) is 0 Å². The Hall–Kier alpha value is -4.10. The van der Waals surface area contributed by atoms with Gasteiger partial charge < -0.3 is 4.90 Å². The first-order valence-corrected chi connectivity index (χ1v) is 18.3. The molecule has 9 rings (SSSR count). The molecule has 4 aliphatic carbocycles. The van der Waals surface area contributed by atoms with E-state index in [1.54, 1.807) is 5.56 Å². The van der Waals surface area contributed by atoms with Crippen molar-refractivity contribution in [1.29, 1.82) is 0 Å². The van der Waals surface area contributed by atoms with Gasteiger partial charge >= 0.3 is 0 Å². The molecule has 5 aromatic rings. The third-order valence-corrected chi connectivity index (χ3v) is 12.7.